The number of halogens is 3. The molecule has 0 saturated carbocycles. The molecule has 2 atom stereocenters. The second-order valence-electron chi connectivity index (χ2n) is 9.27. The van der Waals surface area contributed by atoms with E-state index in [4.69, 9.17) is 4.74 Å². The number of anilines is 2. The van der Waals surface area contributed by atoms with Crippen molar-refractivity contribution in [3.8, 4) is 28.3 Å². The molecular formula is C27H25F3N6O2. The molecule has 3 N–H and O–H groups in total. The summed E-state index contributed by atoms with van der Waals surface area (Å²) in [6.07, 6.45) is -5.87. The maximum Gasteiger partial charge on any atom is 0.389 e. The van der Waals surface area contributed by atoms with Crippen LogP contribution in [0.25, 0.3) is 22.5 Å². The fraction of sp³-hybridized carbons (Fsp3) is 0.259. The van der Waals surface area contributed by atoms with Gasteiger partial charge in [0.1, 0.15) is 11.9 Å². The van der Waals surface area contributed by atoms with E-state index in [0.29, 0.717) is 39.6 Å². The number of aromatic nitrogens is 4. The van der Waals surface area contributed by atoms with Gasteiger partial charge in [-0.05, 0) is 66.1 Å². The first kappa shape index (κ1) is 25.2. The van der Waals surface area contributed by atoms with Crippen molar-refractivity contribution in [2.24, 2.45) is 0 Å². The molecular weight excluding hydrogens is 497 g/mol. The van der Waals surface area contributed by atoms with Gasteiger partial charge in [0.15, 0.2) is 5.82 Å². The number of hydrogen-bond donors (Lipinski definition) is 3. The fourth-order valence-electron chi connectivity index (χ4n) is 4.67. The van der Waals surface area contributed by atoms with E-state index in [1.807, 2.05) is 49.4 Å². The van der Waals surface area contributed by atoms with Crippen LogP contribution in [0.15, 0.2) is 60.7 Å². The number of H-pyrrole nitrogens is 1. The van der Waals surface area contributed by atoms with Crippen LogP contribution < -0.4 is 15.4 Å². The van der Waals surface area contributed by atoms with Crippen molar-refractivity contribution in [3.63, 3.8) is 0 Å². The standard InChI is InChI=1S/C27H25F3N6O2/c1-15-7-9-18(10-8-15)31-26(37)32-23-14-17(20-5-3-4-6-21(20)25-33-35-36-34-25)13-22-19(11-12-27(28,29)30)16(2)38-24(22)23/h3-10,13-14,16,19H,11-12H2,1-2H3,(H2,31,32,37)(H,33,34,35,36)/t16-,19-/m0/s1. The predicted molar refractivity (Wildman–Crippen MR) is 137 cm³/mol. The summed E-state index contributed by atoms with van der Waals surface area (Å²) in [5, 5.41) is 19.7. The van der Waals surface area contributed by atoms with Crippen molar-refractivity contribution in [2.75, 3.05) is 10.6 Å². The molecule has 0 bridgehead atoms. The number of aryl methyl sites for hydroxylation is 1. The quantitative estimate of drug-likeness (QED) is 0.262. The Morgan fingerprint density at radius 2 is 1.79 bits per heavy atom. The van der Waals surface area contributed by atoms with Gasteiger partial charge in [0.05, 0.1) is 5.69 Å². The van der Waals surface area contributed by atoms with E-state index in [2.05, 4.69) is 31.3 Å². The molecule has 0 unspecified atom stereocenters. The summed E-state index contributed by atoms with van der Waals surface area (Å²) >= 11 is 0. The van der Waals surface area contributed by atoms with Crippen LogP contribution in [0.4, 0.5) is 29.3 Å². The number of nitrogens with zero attached hydrogens (tertiary/aromatic N) is 3. The molecule has 0 radical (unpaired) electrons. The number of tetrazole rings is 1. The van der Waals surface area contributed by atoms with Crippen LogP contribution in [0.3, 0.4) is 0 Å². The summed E-state index contributed by atoms with van der Waals surface area (Å²) in [4.78, 5) is 12.9. The summed E-state index contributed by atoms with van der Waals surface area (Å²) in [6, 6.07) is 17.7. The second kappa shape index (κ2) is 10.2. The van der Waals surface area contributed by atoms with Gasteiger partial charge in [0.2, 0.25) is 0 Å². The van der Waals surface area contributed by atoms with Crippen molar-refractivity contribution in [3.05, 3.63) is 71.8 Å². The van der Waals surface area contributed by atoms with Crippen LogP contribution in [0.2, 0.25) is 0 Å². The number of rotatable bonds is 6. The molecule has 0 aliphatic carbocycles. The number of ether oxygens (including phenoxy) is 1. The van der Waals surface area contributed by atoms with Gasteiger partial charge in [0.25, 0.3) is 0 Å². The highest BCUT2D eigenvalue weighted by molar-refractivity contribution is 6.01. The van der Waals surface area contributed by atoms with Crippen LogP contribution in [0, 0.1) is 6.92 Å². The Bertz CT molecular complexity index is 1440. The number of aromatic amines is 1. The van der Waals surface area contributed by atoms with Crippen molar-refractivity contribution in [1.82, 2.24) is 20.6 Å². The number of nitrogens with one attached hydrogen (secondary N) is 3. The van der Waals surface area contributed by atoms with E-state index in [-0.39, 0.29) is 6.42 Å². The molecule has 196 valence electrons. The van der Waals surface area contributed by atoms with Gasteiger partial charge in [-0.3, -0.25) is 0 Å². The average Bonchev–Trinajstić information content (AvgIpc) is 3.52. The third kappa shape index (κ3) is 5.46. The number of hydrogen-bond acceptors (Lipinski definition) is 5. The molecule has 8 nitrogen and oxygen atoms in total. The molecule has 0 fully saturated rings. The molecule has 2 heterocycles. The van der Waals surface area contributed by atoms with E-state index in [0.717, 1.165) is 11.1 Å². The van der Waals surface area contributed by atoms with Crippen LogP contribution in [0.1, 0.15) is 36.8 Å². The summed E-state index contributed by atoms with van der Waals surface area (Å²) in [5.41, 5.74) is 4.73. The predicted octanol–water partition coefficient (Wildman–Crippen LogP) is 6.69. The fourth-order valence-corrected chi connectivity index (χ4v) is 4.67. The van der Waals surface area contributed by atoms with Crippen LogP contribution in [0.5, 0.6) is 5.75 Å². The molecule has 5 rings (SSSR count). The summed E-state index contributed by atoms with van der Waals surface area (Å²) < 4.78 is 45.4. The zero-order chi connectivity index (χ0) is 26.9. The molecule has 4 aromatic rings. The lowest BCUT2D eigenvalue weighted by Crippen LogP contribution is -2.20. The summed E-state index contributed by atoms with van der Waals surface area (Å²) in [7, 11) is 0. The number of amides is 2. The van der Waals surface area contributed by atoms with Crippen molar-refractivity contribution in [1.29, 1.82) is 0 Å². The van der Waals surface area contributed by atoms with Crippen LogP contribution in [-0.4, -0.2) is 38.9 Å². The van der Waals surface area contributed by atoms with Crippen molar-refractivity contribution >= 4 is 17.4 Å². The summed E-state index contributed by atoms with van der Waals surface area (Å²) in [5.74, 6) is 0.295. The lowest BCUT2D eigenvalue weighted by atomic mass is 9.88. The second-order valence-corrected chi connectivity index (χ2v) is 9.27. The van der Waals surface area contributed by atoms with Crippen molar-refractivity contribution < 1.29 is 22.7 Å². The van der Waals surface area contributed by atoms with E-state index in [9.17, 15) is 18.0 Å². The Balaban J connectivity index is 1.55. The number of benzene rings is 3. The first-order valence-corrected chi connectivity index (χ1v) is 12.1. The first-order valence-electron chi connectivity index (χ1n) is 12.1. The van der Waals surface area contributed by atoms with E-state index < -0.39 is 30.7 Å². The Kier molecular flexibility index (Phi) is 6.75. The highest BCUT2D eigenvalue weighted by Crippen LogP contribution is 2.49. The van der Waals surface area contributed by atoms with Gasteiger partial charge in [-0.25, -0.2) is 9.89 Å². The number of fused-ring (bicyclic) bond motifs is 1. The Morgan fingerprint density at radius 3 is 2.47 bits per heavy atom. The molecule has 1 aromatic heterocycles. The SMILES string of the molecule is Cc1ccc(NC(=O)Nc2cc(-c3ccccc3-c3nnn[nH]3)cc3c2O[C@@H](C)[C@@H]3CCC(F)(F)F)cc1. The Hall–Kier alpha value is -4.41. The van der Waals surface area contributed by atoms with Crippen LogP contribution in [-0.2, 0) is 0 Å². The molecule has 0 spiro atoms. The maximum absolute atomic E-state index is 13.1. The lowest BCUT2D eigenvalue weighted by molar-refractivity contribution is -0.136. The van der Waals surface area contributed by atoms with Gasteiger partial charge in [-0.1, -0.05) is 42.0 Å². The maximum atomic E-state index is 13.1. The van der Waals surface area contributed by atoms with E-state index >= 15 is 0 Å². The van der Waals surface area contributed by atoms with Gasteiger partial charge in [-0.15, -0.1) is 5.10 Å². The monoisotopic (exact) mass is 522 g/mol. The van der Waals surface area contributed by atoms with Crippen molar-refractivity contribution in [2.45, 2.75) is 44.9 Å². The summed E-state index contributed by atoms with van der Waals surface area (Å²) in [6.45, 7) is 3.68. The molecule has 3 aromatic carbocycles. The Morgan fingerprint density at radius 1 is 1.05 bits per heavy atom. The topological polar surface area (TPSA) is 105 Å². The van der Waals surface area contributed by atoms with Gasteiger partial charge < -0.3 is 15.4 Å². The van der Waals surface area contributed by atoms with Gasteiger partial charge in [-0.2, -0.15) is 13.2 Å². The van der Waals surface area contributed by atoms with Crippen LogP contribution >= 0.6 is 0 Å². The van der Waals surface area contributed by atoms with E-state index in [1.165, 1.54) is 0 Å². The lowest BCUT2D eigenvalue weighted by Gasteiger charge is -2.17. The number of urea groups is 1. The molecule has 38 heavy (non-hydrogen) atoms. The third-order valence-electron chi connectivity index (χ3n) is 6.52. The molecule has 2 amide bonds. The molecule has 1 aliphatic heterocycles. The minimum Gasteiger partial charge on any atom is -0.488 e. The first-order chi connectivity index (χ1) is 18.2. The normalized spacial score (nSPS) is 16.6. The highest BCUT2D eigenvalue weighted by atomic mass is 19.4. The highest BCUT2D eigenvalue weighted by Gasteiger charge is 2.37. The average molecular weight is 523 g/mol. The third-order valence-corrected chi connectivity index (χ3v) is 6.52. The minimum absolute atomic E-state index is 0.135. The minimum atomic E-state index is -4.29. The zero-order valence-corrected chi connectivity index (χ0v) is 20.6. The molecule has 1 aliphatic rings. The van der Waals surface area contributed by atoms with Gasteiger partial charge in [0, 0.05) is 29.2 Å². The number of carbonyl (C=O) groups is 1. The largest absolute Gasteiger partial charge is 0.488 e. The Labute approximate surface area is 216 Å². The number of alkyl halides is 3. The van der Waals surface area contributed by atoms with Gasteiger partial charge >= 0.3 is 12.2 Å². The zero-order valence-electron chi connectivity index (χ0n) is 20.6. The van der Waals surface area contributed by atoms with E-state index in [1.54, 1.807) is 25.1 Å². The smallest absolute Gasteiger partial charge is 0.389 e. The number of carbonyl (C=O) groups excluding carboxylic acids is 1. The molecule has 0 saturated heterocycles. The molecule has 11 heteroatoms.